The van der Waals surface area contributed by atoms with Crippen LogP contribution in [-0.2, 0) is 19.1 Å². The number of hydrogen-bond acceptors (Lipinski definition) is 6. The molecule has 1 heterocycles. The van der Waals surface area contributed by atoms with Gasteiger partial charge < -0.3 is 14.6 Å². The van der Waals surface area contributed by atoms with Gasteiger partial charge in [-0.2, -0.15) is 13.2 Å². The summed E-state index contributed by atoms with van der Waals surface area (Å²) in [6, 6.07) is -1.16. The Balaban J connectivity index is 1.97. The molecule has 2 saturated carbocycles. The summed E-state index contributed by atoms with van der Waals surface area (Å²) in [6.07, 6.45) is -1.10. The van der Waals surface area contributed by atoms with Crippen molar-refractivity contribution in [3.05, 3.63) is 23.5 Å². The lowest BCUT2D eigenvalue weighted by Gasteiger charge is -2.36. The van der Waals surface area contributed by atoms with Gasteiger partial charge in [-0.05, 0) is 32.3 Å². The molecule has 3 aliphatic rings. The van der Waals surface area contributed by atoms with E-state index in [0.29, 0.717) is 19.3 Å². The van der Waals surface area contributed by atoms with E-state index in [0.717, 1.165) is 12.2 Å². The number of nitrogens with zero attached hydrogens (tertiary/aromatic N) is 1. The van der Waals surface area contributed by atoms with Crippen LogP contribution in [0.25, 0.3) is 0 Å². The van der Waals surface area contributed by atoms with Crippen molar-refractivity contribution in [3.63, 3.8) is 0 Å². The lowest BCUT2D eigenvalue weighted by atomic mass is 9.72. The first-order chi connectivity index (χ1) is 13.6. The van der Waals surface area contributed by atoms with Crippen molar-refractivity contribution in [2.75, 3.05) is 26.9 Å². The lowest BCUT2D eigenvalue weighted by Crippen LogP contribution is -2.43. The second-order valence-electron chi connectivity index (χ2n) is 7.87. The summed E-state index contributed by atoms with van der Waals surface area (Å²) in [5.41, 5.74) is -2.86. The minimum Gasteiger partial charge on any atom is -0.510 e. The van der Waals surface area contributed by atoms with Crippen LogP contribution in [0.5, 0.6) is 0 Å². The minimum absolute atomic E-state index is 0.128. The Morgan fingerprint density at radius 1 is 1.24 bits per heavy atom. The van der Waals surface area contributed by atoms with Gasteiger partial charge in [-0.25, -0.2) is 0 Å². The van der Waals surface area contributed by atoms with Crippen molar-refractivity contribution in [2.24, 2.45) is 22.2 Å². The van der Waals surface area contributed by atoms with Gasteiger partial charge in [-0.3, -0.25) is 14.6 Å². The first kappa shape index (κ1) is 21.7. The van der Waals surface area contributed by atoms with E-state index in [-0.39, 0.29) is 37.2 Å². The second kappa shape index (κ2) is 8.02. The number of carbonyl (C=O) groups is 2. The van der Waals surface area contributed by atoms with Crippen LogP contribution in [0.15, 0.2) is 28.5 Å². The number of aliphatic imine (C=N–C) groups is 1. The standard InChI is InChI=1S/C20H24F3NO5/c1-19(18(27)15-16(25)11-3-4-12(9-11)17(15)26)6-5-13(20(21,22)23)24-14(19)10-29-8-7-28-2/h5-6,11-12,14,27H,3-4,7-10H2,1-2H3. The molecule has 0 saturated heterocycles. The molecular weight excluding hydrogens is 391 g/mol. The third kappa shape index (κ3) is 4.02. The fourth-order valence-corrected chi connectivity index (χ4v) is 4.15. The van der Waals surface area contributed by atoms with Gasteiger partial charge in [-0.15, -0.1) is 0 Å². The van der Waals surface area contributed by atoms with Crippen molar-refractivity contribution >= 4 is 17.3 Å². The van der Waals surface area contributed by atoms with E-state index in [4.69, 9.17) is 9.47 Å². The van der Waals surface area contributed by atoms with Gasteiger partial charge in [0.2, 0.25) is 0 Å². The molecule has 2 fully saturated rings. The topological polar surface area (TPSA) is 85.2 Å². The van der Waals surface area contributed by atoms with Gasteiger partial charge in [0.25, 0.3) is 0 Å². The molecule has 0 spiro atoms. The zero-order valence-corrected chi connectivity index (χ0v) is 16.3. The summed E-state index contributed by atoms with van der Waals surface area (Å²) in [4.78, 5) is 29.2. The molecule has 0 radical (unpaired) electrons. The molecule has 2 aliphatic carbocycles. The van der Waals surface area contributed by atoms with Crippen LogP contribution >= 0.6 is 0 Å². The van der Waals surface area contributed by atoms with Crippen LogP contribution in [0.1, 0.15) is 26.2 Å². The molecule has 4 unspecified atom stereocenters. The van der Waals surface area contributed by atoms with Crippen LogP contribution in [0.4, 0.5) is 13.2 Å². The Labute approximate surface area is 166 Å². The highest BCUT2D eigenvalue weighted by atomic mass is 19.4. The number of ether oxygens (including phenoxy) is 2. The van der Waals surface area contributed by atoms with Gasteiger partial charge in [0.1, 0.15) is 11.5 Å². The van der Waals surface area contributed by atoms with Crippen molar-refractivity contribution in [1.82, 2.24) is 0 Å². The monoisotopic (exact) mass is 415 g/mol. The summed E-state index contributed by atoms with van der Waals surface area (Å²) in [5, 5.41) is 11.0. The number of aliphatic hydroxyl groups is 1. The van der Waals surface area contributed by atoms with E-state index in [2.05, 4.69) is 4.99 Å². The van der Waals surface area contributed by atoms with Crippen LogP contribution in [-0.4, -0.2) is 61.5 Å². The van der Waals surface area contributed by atoms with Crippen LogP contribution in [0.3, 0.4) is 0 Å². The van der Waals surface area contributed by atoms with E-state index >= 15 is 0 Å². The van der Waals surface area contributed by atoms with Gasteiger partial charge in [-0.1, -0.05) is 6.08 Å². The average molecular weight is 415 g/mol. The summed E-state index contributed by atoms with van der Waals surface area (Å²) < 4.78 is 49.8. The summed E-state index contributed by atoms with van der Waals surface area (Å²) in [7, 11) is 1.46. The third-order valence-electron chi connectivity index (χ3n) is 5.99. The van der Waals surface area contributed by atoms with Crippen LogP contribution in [0.2, 0.25) is 0 Å². The smallest absolute Gasteiger partial charge is 0.432 e. The maximum atomic E-state index is 13.2. The number of alkyl halides is 3. The highest BCUT2D eigenvalue weighted by molar-refractivity contribution is 6.24. The summed E-state index contributed by atoms with van der Waals surface area (Å²) in [5.74, 6) is -2.03. The number of rotatable bonds is 6. The fourth-order valence-electron chi connectivity index (χ4n) is 4.15. The average Bonchev–Trinajstić information content (AvgIpc) is 3.11. The maximum absolute atomic E-state index is 13.2. The van der Waals surface area contributed by atoms with Gasteiger partial charge in [0.05, 0.1) is 36.9 Å². The van der Waals surface area contributed by atoms with Gasteiger partial charge in [0, 0.05) is 18.9 Å². The van der Waals surface area contributed by atoms with Crippen molar-refractivity contribution in [2.45, 2.75) is 38.4 Å². The number of carbonyl (C=O) groups excluding carboxylic acids is 2. The second-order valence-corrected chi connectivity index (χ2v) is 7.87. The first-order valence-corrected chi connectivity index (χ1v) is 9.52. The van der Waals surface area contributed by atoms with Crippen LogP contribution in [0, 0.1) is 17.3 Å². The highest BCUT2D eigenvalue weighted by Gasteiger charge is 2.50. The first-order valence-electron chi connectivity index (χ1n) is 9.52. The molecule has 160 valence electrons. The zero-order chi connectivity index (χ0) is 21.4. The Hall–Kier alpha value is -2.00. The number of dihydropyridines is 1. The molecule has 4 atom stereocenters. The number of allylic oxidation sites excluding steroid dienone is 2. The Kier molecular flexibility index (Phi) is 6.01. The Morgan fingerprint density at radius 3 is 2.41 bits per heavy atom. The van der Waals surface area contributed by atoms with E-state index in [1.54, 1.807) is 0 Å². The van der Waals surface area contributed by atoms with Crippen molar-refractivity contribution in [3.8, 4) is 0 Å². The zero-order valence-electron chi connectivity index (χ0n) is 16.3. The summed E-state index contributed by atoms with van der Waals surface area (Å²) in [6.45, 7) is 1.59. The van der Waals surface area contributed by atoms with Gasteiger partial charge in [0.15, 0.2) is 11.6 Å². The number of hydrogen-bond donors (Lipinski definition) is 1. The molecule has 9 heteroatoms. The SMILES string of the molecule is COCCOCC1N=C(C(F)(F)F)C=CC1(C)C(O)=C1C(=O)C2CCC(C2)C1=O. The molecule has 0 amide bonds. The number of aliphatic hydroxyl groups excluding tert-OH is 1. The molecule has 6 nitrogen and oxygen atoms in total. The number of ketones is 2. The molecule has 0 aromatic heterocycles. The molecule has 0 aromatic rings. The Bertz CT molecular complexity index is 761. The number of Topliss-reactive ketones (excluding diaryl/α,β-unsaturated/α-hetero) is 2. The molecule has 1 aliphatic heterocycles. The van der Waals surface area contributed by atoms with E-state index < -0.39 is 40.7 Å². The predicted molar refractivity (Wildman–Crippen MR) is 97.7 cm³/mol. The Morgan fingerprint density at radius 2 is 1.86 bits per heavy atom. The largest absolute Gasteiger partial charge is 0.510 e. The van der Waals surface area contributed by atoms with Gasteiger partial charge >= 0.3 is 6.18 Å². The number of halogens is 3. The predicted octanol–water partition coefficient (Wildman–Crippen LogP) is 2.98. The molecule has 0 aromatic carbocycles. The highest BCUT2D eigenvalue weighted by Crippen LogP contribution is 2.45. The molecule has 1 N–H and O–H groups in total. The van der Waals surface area contributed by atoms with Crippen molar-refractivity contribution in [1.29, 1.82) is 0 Å². The molecule has 29 heavy (non-hydrogen) atoms. The normalized spacial score (nSPS) is 32.0. The van der Waals surface area contributed by atoms with Crippen molar-refractivity contribution < 1.29 is 37.3 Å². The number of methoxy groups -OCH3 is 1. The lowest BCUT2D eigenvalue weighted by molar-refractivity contribution is -0.128. The van der Waals surface area contributed by atoms with E-state index in [1.165, 1.54) is 14.0 Å². The third-order valence-corrected chi connectivity index (χ3v) is 5.99. The molecule has 2 bridgehead atoms. The number of fused-ring (bicyclic) bond motifs is 2. The van der Waals surface area contributed by atoms with Crippen LogP contribution < -0.4 is 0 Å². The molecule has 3 rings (SSSR count). The molecular formula is C20H24F3NO5. The van der Waals surface area contributed by atoms with E-state index in [1.807, 2.05) is 0 Å². The fraction of sp³-hybridized carbons (Fsp3) is 0.650. The maximum Gasteiger partial charge on any atom is 0.432 e. The minimum atomic E-state index is -4.67. The van der Waals surface area contributed by atoms with E-state index in [9.17, 15) is 27.9 Å². The summed E-state index contributed by atoms with van der Waals surface area (Å²) >= 11 is 0. The quantitative estimate of drug-likeness (QED) is 0.312.